The van der Waals surface area contributed by atoms with E-state index in [0.717, 1.165) is 23.9 Å². The highest BCUT2D eigenvalue weighted by molar-refractivity contribution is 5.96. The molecule has 0 spiro atoms. The summed E-state index contributed by atoms with van der Waals surface area (Å²) < 4.78 is 0. The Bertz CT molecular complexity index is 784. The van der Waals surface area contributed by atoms with Gasteiger partial charge in [-0.05, 0) is 42.2 Å². The van der Waals surface area contributed by atoms with E-state index in [0.29, 0.717) is 0 Å². The third kappa shape index (κ3) is 1.37. The SMILES string of the molecule is C1=Cc2ccc3nc4ccccc4cc3c2CC1. The second kappa shape index (κ2) is 3.67. The van der Waals surface area contributed by atoms with Crippen LogP contribution in [0, 0.1) is 0 Å². The number of para-hydroxylation sites is 1. The summed E-state index contributed by atoms with van der Waals surface area (Å²) in [5.74, 6) is 0. The van der Waals surface area contributed by atoms with Gasteiger partial charge in [-0.15, -0.1) is 0 Å². The van der Waals surface area contributed by atoms with Crippen LogP contribution >= 0.6 is 0 Å². The van der Waals surface area contributed by atoms with E-state index in [-0.39, 0.29) is 0 Å². The molecule has 0 saturated carbocycles. The highest BCUT2D eigenvalue weighted by Gasteiger charge is 2.10. The number of benzene rings is 2. The van der Waals surface area contributed by atoms with E-state index >= 15 is 0 Å². The fourth-order valence-electron chi connectivity index (χ4n) is 2.80. The van der Waals surface area contributed by atoms with Crippen LogP contribution in [0.15, 0.2) is 48.5 Å². The van der Waals surface area contributed by atoms with Gasteiger partial charge in [-0.1, -0.05) is 36.4 Å². The highest BCUT2D eigenvalue weighted by Crippen LogP contribution is 2.29. The maximum Gasteiger partial charge on any atom is 0.0712 e. The first-order valence-electron chi connectivity index (χ1n) is 6.40. The zero-order chi connectivity index (χ0) is 11.9. The van der Waals surface area contributed by atoms with Crippen molar-refractivity contribution in [3.8, 4) is 0 Å². The Morgan fingerprint density at radius 1 is 0.944 bits per heavy atom. The first-order chi connectivity index (χ1) is 8.92. The third-order valence-corrected chi connectivity index (χ3v) is 3.71. The predicted molar refractivity (Wildman–Crippen MR) is 76.6 cm³/mol. The van der Waals surface area contributed by atoms with Crippen molar-refractivity contribution in [3.05, 3.63) is 59.7 Å². The number of aryl methyl sites for hydroxylation is 1. The molecular weight excluding hydrogens is 218 g/mol. The number of aromatic nitrogens is 1. The molecule has 0 bridgehead atoms. The highest BCUT2D eigenvalue weighted by atomic mass is 14.7. The molecular formula is C17H13N. The molecule has 1 aliphatic carbocycles. The van der Waals surface area contributed by atoms with Gasteiger partial charge in [0.25, 0.3) is 0 Å². The minimum absolute atomic E-state index is 1.08. The molecule has 0 aliphatic heterocycles. The lowest BCUT2D eigenvalue weighted by atomic mass is 9.93. The van der Waals surface area contributed by atoms with Gasteiger partial charge in [-0.2, -0.15) is 0 Å². The smallest absolute Gasteiger partial charge is 0.0712 e. The Morgan fingerprint density at radius 2 is 1.89 bits per heavy atom. The fourth-order valence-corrected chi connectivity index (χ4v) is 2.80. The quantitative estimate of drug-likeness (QED) is 0.524. The van der Waals surface area contributed by atoms with Crippen molar-refractivity contribution >= 4 is 27.9 Å². The zero-order valence-corrected chi connectivity index (χ0v) is 10.1. The minimum Gasteiger partial charge on any atom is -0.248 e. The maximum absolute atomic E-state index is 4.76. The van der Waals surface area contributed by atoms with E-state index in [1.54, 1.807) is 0 Å². The van der Waals surface area contributed by atoms with Gasteiger partial charge in [-0.25, -0.2) is 4.98 Å². The normalized spacial score (nSPS) is 14.0. The summed E-state index contributed by atoms with van der Waals surface area (Å²) in [6.45, 7) is 0. The van der Waals surface area contributed by atoms with Crippen LogP contribution in [0.3, 0.4) is 0 Å². The lowest BCUT2D eigenvalue weighted by Gasteiger charge is -2.13. The van der Waals surface area contributed by atoms with E-state index < -0.39 is 0 Å². The monoisotopic (exact) mass is 231 g/mol. The summed E-state index contributed by atoms with van der Waals surface area (Å²) in [5, 5.41) is 2.54. The summed E-state index contributed by atoms with van der Waals surface area (Å²) in [6, 6.07) is 14.9. The van der Waals surface area contributed by atoms with E-state index in [9.17, 15) is 0 Å². The first-order valence-corrected chi connectivity index (χ1v) is 6.40. The van der Waals surface area contributed by atoms with Gasteiger partial charge >= 0.3 is 0 Å². The third-order valence-electron chi connectivity index (χ3n) is 3.71. The van der Waals surface area contributed by atoms with Crippen molar-refractivity contribution < 1.29 is 0 Å². The average molecular weight is 231 g/mol. The molecule has 0 amide bonds. The van der Waals surface area contributed by atoms with Crippen molar-refractivity contribution in [2.24, 2.45) is 0 Å². The van der Waals surface area contributed by atoms with Crippen LogP contribution in [-0.2, 0) is 6.42 Å². The maximum atomic E-state index is 4.76. The van der Waals surface area contributed by atoms with Gasteiger partial charge in [-0.3, -0.25) is 0 Å². The van der Waals surface area contributed by atoms with Gasteiger partial charge in [0.2, 0.25) is 0 Å². The van der Waals surface area contributed by atoms with Gasteiger partial charge in [0.05, 0.1) is 11.0 Å². The molecule has 1 aliphatic rings. The fraction of sp³-hybridized carbons (Fsp3) is 0.118. The minimum atomic E-state index is 1.08. The number of pyridine rings is 1. The number of fused-ring (bicyclic) bond motifs is 4. The van der Waals surface area contributed by atoms with Crippen LogP contribution < -0.4 is 0 Å². The number of rotatable bonds is 0. The Labute approximate surface area is 106 Å². The number of hydrogen-bond donors (Lipinski definition) is 0. The lowest BCUT2D eigenvalue weighted by molar-refractivity contribution is 0.997. The molecule has 0 saturated heterocycles. The molecule has 3 aromatic rings. The van der Waals surface area contributed by atoms with Crippen molar-refractivity contribution in [3.63, 3.8) is 0 Å². The van der Waals surface area contributed by atoms with Crippen LogP contribution in [-0.4, -0.2) is 4.98 Å². The topological polar surface area (TPSA) is 12.9 Å². The van der Waals surface area contributed by atoms with Crippen molar-refractivity contribution in [1.82, 2.24) is 4.98 Å². The summed E-state index contributed by atoms with van der Waals surface area (Å²) in [6.07, 6.45) is 6.75. The van der Waals surface area contributed by atoms with Crippen LogP contribution in [0.25, 0.3) is 27.9 Å². The van der Waals surface area contributed by atoms with Gasteiger partial charge in [0.1, 0.15) is 0 Å². The Hall–Kier alpha value is -2.15. The Morgan fingerprint density at radius 3 is 2.89 bits per heavy atom. The summed E-state index contributed by atoms with van der Waals surface area (Å²) >= 11 is 0. The Kier molecular flexibility index (Phi) is 2.01. The molecule has 18 heavy (non-hydrogen) atoms. The van der Waals surface area contributed by atoms with Crippen molar-refractivity contribution in [2.75, 3.05) is 0 Å². The summed E-state index contributed by atoms with van der Waals surface area (Å²) in [4.78, 5) is 4.76. The largest absolute Gasteiger partial charge is 0.248 e. The molecule has 1 nitrogen and oxygen atoms in total. The predicted octanol–water partition coefficient (Wildman–Crippen LogP) is 4.35. The number of allylic oxidation sites excluding steroid dienone is 1. The molecule has 1 aromatic heterocycles. The van der Waals surface area contributed by atoms with Crippen LogP contribution in [0.4, 0.5) is 0 Å². The lowest BCUT2D eigenvalue weighted by Crippen LogP contribution is -1.96. The standard InChI is InChI=1S/C17H13N/c1-3-7-14-12(5-1)9-10-17-15(14)11-13-6-2-4-8-16(13)18-17/h1-2,4-6,8-11H,3,7H2. The van der Waals surface area contributed by atoms with Crippen LogP contribution in [0.1, 0.15) is 17.5 Å². The van der Waals surface area contributed by atoms with E-state index in [4.69, 9.17) is 4.98 Å². The van der Waals surface area contributed by atoms with Crippen LogP contribution in [0.2, 0.25) is 0 Å². The first kappa shape index (κ1) is 9.84. The Balaban J connectivity index is 2.15. The molecule has 0 atom stereocenters. The molecule has 0 unspecified atom stereocenters. The van der Waals surface area contributed by atoms with E-state index in [1.807, 2.05) is 6.07 Å². The molecule has 4 rings (SSSR count). The summed E-state index contributed by atoms with van der Waals surface area (Å²) in [7, 11) is 0. The molecule has 0 fully saturated rings. The van der Waals surface area contributed by atoms with Crippen molar-refractivity contribution in [1.29, 1.82) is 0 Å². The molecule has 0 radical (unpaired) electrons. The summed E-state index contributed by atoms with van der Waals surface area (Å²) in [5.41, 5.74) is 5.00. The van der Waals surface area contributed by atoms with Gasteiger partial charge in [0, 0.05) is 10.8 Å². The van der Waals surface area contributed by atoms with Gasteiger partial charge in [0.15, 0.2) is 0 Å². The molecule has 2 aromatic carbocycles. The van der Waals surface area contributed by atoms with E-state index in [1.165, 1.54) is 21.9 Å². The van der Waals surface area contributed by atoms with Crippen molar-refractivity contribution in [2.45, 2.75) is 12.8 Å². The zero-order valence-electron chi connectivity index (χ0n) is 10.1. The van der Waals surface area contributed by atoms with Crippen LogP contribution in [0.5, 0.6) is 0 Å². The van der Waals surface area contributed by atoms with Gasteiger partial charge < -0.3 is 0 Å². The molecule has 1 heterocycles. The molecule has 86 valence electrons. The van der Waals surface area contributed by atoms with E-state index in [2.05, 4.69) is 48.6 Å². The number of nitrogens with zero attached hydrogens (tertiary/aromatic N) is 1. The molecule has 0 N–H and O–H groups in total. The second-order valence-corrected chi connectivity index (χ2v) is 4.82. The average Bonchev–Trinajstić information content (AvgIpc) is 2.45. The second-order valence-electron chi connectivity index (χ2n) is 4.82. The number of hydrogen-bond acceptors (Lipinski definition) is 1. The molecule has 1 heteroatoms.